The van der Waals surface area contributed by atoms with Gasteiger partial charge in [-0.2, -0.15) is 5.10 Å². The van der Waals surface area contributed by atoms with Gasteiger partial charge in [-0.1, -0.05) is 48.5 Å². The first-order valence-corrected chi connectivity index (χ1v) is 15.4. The van der Waals surface area contributed by atoms with E-state index in [1.807, 2.05) is 54.9 Å². The number of imide groups is 2. The van der Waals surface area contributed by atoms with Gasteiger partial charge in [0.15, 0.2) is 0 Å². The molecule has 4 aliphatic carbocycles. The standard InChI is InChI=1S/C36H34N4O3/c1-21-30(22(2)40(38-21)32-9-5-7-26-6-3-4-8-29(26)32)17-31-33(41)37-35(43)39(34(31)42)28-12-10-27(11-13-28)36-18-23-14-24(19-36)16-25(15-23)20-36/h3-13,17,23-25H,14-16,18-20H2,1-2H3,(H,37,41,43)/b31-17+. The zero-order chi connectivity index (χ0) is 29.5. The SMILES string of the molecule is Cc1nn(-c2cccc3ccccc23)c(C)c1/C=C1\C(=O)NC(=O)N(c2ccc(C34CC5CC(CC(C5)C3)C4)cc2)C1=O. The number of nitrogens with zero attached hydrogens (tertiary/aromatic N) is 3. The number of carbonyl (C=O) groups excluding carboxylic acids is 3. The first-order valence-electron chi connectivity index (χ1n) is 15.4. The van der Waals surface area contributed by atoms with Crippen LogP contribution < -0.4 is 10.2 Å². The number of barbiturate groups is 1. The predicted octanol–water partition coefficient (Wildman–Crippen LogP) is 6.78. The van der Waals surface area contributed by atoms with Crippen LogP contribution in [0.2, 0.25) is 0 Å². The lowest BCUT2D eigenvalue weighted by Gasteiger charge is -2.57. The molecular formula is C36H34N4O3. The van der Waals surface area contributed by atoms with Crippen LogP contribution in [0.3, 0.4) is 0 Å². The second-order valence-electron chi connectivity index (χ2n) is 13.2. The summed E-state index contributed by atoms with van der Waals surface area (Å²) in [5.41, 5.74) is 4.99. The first kappa shape index (κ1) is 26.1. The molecule has 4 aromatic rings. The summed E-state index contributed by atoms with van der Waals surface area (Å²) in [6.45, 7) is 3.78. The molecule has 216 valence electrons. The summed E-state index contributed by atoms with van der Waals surface area (Å²) < 4.78 is 1.85. The first-order chi connectivity index (χ1) is 20.8. The number of fused-ring (bicyclic) bond motifs is 1. The number of amides is 4. The number of aryl methyl sites for hydroxylation is 1. The van der Waals surface area contributed by atoms with Crippen LogP contribution >= 0.6 is 0 Å². The fourth-order valence-electron chi connectivity index (χ4n) is 8.96. The van der Waals surface area contributed by atoms with Crippen molar-refractivity contribution >= 4 is 40.4 Å². The third kappa shape index (κ3) is 4.08. The van der Waals surface area contributed by atoms with Gasteiger partial charge < -0.3 is 0 Å². The van der Waals surface area contributed by atoms with Crippen molar-refractivity contribution in [3.63, 3.8) is 0 Å². The van der Waals surface area contributed by atoms with Crippen LogP contribution in [0.4, 0.5) is 10.5 Å². The molecule has 0 atom stereocenters. The highest BCUT2D eigenvalue weighted by Crippen LogP contribution is 2.60. The van der Waals surface area contributed by atoms with Gasteiger partial charge in [-0.25, -0.2) is 14.4 Å². The molecule has 0 radical (unpaired) electrons. The summed E-state index contributed by atoms with van der Waals surface area (Å²) in [6.07, 6.45) is 9.43. The van der Waals surface area contributed by atoms with Crippen LogP contribution in [-0.2, 0) is 15.0 Å². The summed E-state index contributed by atoms with van der Waals surface area (Å²) in [5.74, 6) is 1.16. The van der Waals surface area contributed by atoms with Gasteiger partial charge >= 0.3 is 6.03 Å². The third-order valence-corrected chi connectivity index (χ3v) is 10.5. The molecule has 4 bridgehead atoms. The lowest BCUT2D eigenvalue weighted by atomic mass is 9.48. The van der Waals surface area contributed by atoms with E-state index >= 15 is 0 Å². The van der Waals surface area contributed by atoms with Crippen molar-refractivity contribution in [1.29, 1.82) is 0 Å². The van der Waals surface area contributed by atoms with Gasteiger partial charge in [-0.15, -0.1) is 0 Å². The minimum Gasteiger partial charge on any atom is -0.273 e. The second-order valence-corrected chi connectivity index (χ2v) is 13.2. The number of aromatic nitrogens is 2. The fraction of sp³-hybridized carbons (Fsp3) is 0.333. The Hall–Kier alpha value is -4.52. The van der Waals surface area contributed by atoms with Gasteiger partial charge in [0.05, 0.1) is 17.1 Å². The minimum absolute atomic E-state index is 0.0894. The van der Waals surface area contributed by atoms with Gasteiger partial charge in [0, 0.05) is 16.6 Å². The molecule has 5 fully saturated rings. The van der Waals surface area contributed by atoms with Crippen LogP contribution in [0.15, 0.2) is 72.3 Å². The Morgan fingerprint density at radius 1 is 0.837 bits per heavy atom. The normalized spacial score (nSPS) is 27.4. The van der Waals surface area contributed by atoms with Crippen LogP contribution in [0.25, 0.3) is 22.5 Å². The Balaban J connectivity index is 1.12. The molecule has 2 heterocycles. The predicted molar refractivity (Wildman–Crippen MR) is 166 cm³/mol. The Labute approximate surface area is 250 Å². The molecular weight excluding hydrogens is 536 g/mol. The monoisotopic (exact) mass is 570 g/mol. The highest BCUT2D eigenvalue weighted by Gasteiger charge is 2.51. The summed E-state index contributed by atoms with van der Waals surface area (Å²) in [6, 6.07) is 21.4. The lowest BCUT2D eigenvalue weighted by molar-refractivity contribution is -0.122. The summed E-state index contributed by atoms with van der Waals surface area (Å²) in [4.78, 5) is 40.9. The zero-order valence-electron chi connectivity index (χ0n) is 24.5. The summed E-state index contributed by atoms with van der Waals surface area (Å²) >= 11 is 0. The fourth-order valence-corrected chi connectivity index (χ4v) is 8.96. The van der Waals surface area contributed by atoms with E-state index in [2.05, 4.69) is 35.6 Å². The molecule has 1 aromatic heterocycles. The van der Waals surface area contributed by atoms with Crippen molar-refractivity contribution < 1.29 is 14.4 Å². The maximum Gasteiger partial charge on any atom is 0.335 e. The Morgan fingerprint density at radius 2 is 1.49 bits per heavy atom. The van der Waals surface area contributed by atoms with Crippen LogP contribution in [0.1, 0.15) is 61.0 Å². The number of hydrogen-bond acceptors (Lipinski definition) is 4. The number of anilines is 1. The van der Waals surface area contributed by atoms with Crippen molar-refractivity contribution in [3.05, 3.63) is 94.8 Å². The van der Waals surface area contributed by atoms with E-state index in [1.54, 1.807) is 6.08 Å². The summed E-state index contributed by atoms with van der Waals surface area (Å²) in [5, 5.41) is 9.30. The van der Waals surface area contributed by atoms with Crippen molar-refractivity contribution in [2.75, 3.05) is 4.90 Å². The molecule has 3 aromatic carbocycles. The Morgan fingerprint density at radius 3 is 2.19 bits per heavy atom. The van der Waals surface area contributed by atoms with E-state index in [1.165, 1.54) is 44.1 Å². The maximum absolute atomic E-state index is 13.8. The number of nitrogens with one attached hydrogen (secondary N) is 1. The van der Waals surface area contributed by atoms with Gasteiger partial charge in [0.25, 0.3) is 11.8 Å². The Kier molecular flexibility index (Phi) is 5.77. The maximum atomic E-state index is 13.8. The number of benzene rings is 3. The van der Waals surface area contributed by atoms with Crippen molar-refractivity contribution in [3.8, 4) is 5.69 Å². The van der Waals surface area contributed by atoms with Crippen molar-refractivity contribution in [2.24, 2.45) is 17.8 Å². The van der Waals surface area contributed by atoms with Gasteiger partial charge in [0.1, 0.15) is 5.57 Å². The molecule has 9 rings (SSSR count). The zero-order valence-corrected chi connectivity index (χ0v) is 24.5. The molecule has 7 heteroatoms. The minimum atomic E-state index is -0.727. The highest BCUT2D eigenvalue weighted by molar-refractivity contribution is 6.39. The van der Waals surface area contributed by atoms with Crippen LogP contribution in [0, 0.1) is 31.6 Å². The average Bonchev–Trinajstić information content (AvgIpc) is 3.26. The van der Waals surface area contributed by atoms with Crippen molar-refractivity contribution in [1.82, 2.24) is 15.1 Å². The van der Waals surface area contributed by atoms with Crippen molar-refractivity contribution in [2.45, 2.75) is 57.8 Å². The smallest absolute Gasteiger partial charge is 0.273 e. The molecule has 7 nitrogen and oxygen atoms in total. The van der Waals surface area contributed by atoms with Gasteiger partial charge in [0.2, 0.25) is 0 Å². The third-order valence-electron chi connectivity index (χ3n) is 10.5. The van der Waals surface area contributed by atoms with Crippen LogP contribution in [0.5, 0.6) is 0 Å². The molecule has 0 spiro atoms. The number of rotatable bonds is 4. The second kappa shape index (κ2) is 9.49. The van der Waals surface area contributed by atoms with Crippen LogP contribution in [-0.4, -0.2) is 27.6 Å². The largest absolute Gasteiger partial charge is 0.335 e. The lowest BCUT2D eigenvalue weighted by Crippen LogP contribution is -2.54. The highest BCUT2D eigenvalue weighted by atomic mass is 16.2. The van der Waals surface area contributed by atoms with Gasteiger partial charge in [-0.05, 0) is 111 Å². The molecule has 5 aliphatic rings. The molecule has 1 saturated heterocycles. The Bertz CT molecular complexity index is 1820. The van der Waals surface area contributed by atoms with E-state index in [0.29, 0.717) is 16.9 Å². The molecule has 1 N–H and O–H groups in total. The molecule has 0 unspecified atom stereocenters. The average molecular weight is 571 g/mol. The van der Waals surface area contributed by atoms with Gasteiger partial charge in [-0.3, -0.25) is 14.9 Å². The quantitative estimate of drug-likeness (QED) is 0.217. The molecule has 1 aliphatic heterocycles. The van der Waals surface area contributed by atoms with E-state index < -0.39 is 17.8 Å². The molecule has 43 heavy (non-hydrogen) atoms. The van der Waals surface area contributed by atoms with E-state index in [-0.39, 0.29) is 11.0 Å². The van der Waals surface area contributed by atoms with E-state index in [9.17, 15) is 14.4 Å². The topological polar surface area (TPSA) is 84.3 Å². The molecule has 4 amide bonds. The van der Waals surface area contributed by atoms with E-state index in [0.717, 1.165) is 44.8 Å². The number of urea groups is 1. The summed E-state index contributed by atoms with van der Waals surface area (Å²) in [7, 11) is 0. The number of carbonyl (C=O) groups is 3. The number of hydrogen-bond donors (Lipinski definition) is 1. The van der Waals surface area contributed by atoms with E-state index in [4.69, 9.17) is 5.10 Å². The molecule has 4 saturated carbocycles.